The third kappa shape index (κ3) is 5.37. The lowest BCUT2D eigenvalue weighted by Crippen LogP contribution is -2.40. The highest BCUT2D eigenvalue weighted by atomic mass is 35.5. The number of carbonyl (C=O) groups is 1. The van der Waals surface area contributed by atoms with Crippen LogP contribution in [-0.4, -0.2) is 20.4 Å². The van der Waals surface area contributed by atoms with E-state index in [4.69, 9.17) is 11.6 Å². The number of fused-ring (bicyclic) bond motifs is 2. The van der Waals surface area contributed by atoms with E-state index in [0.29, 0.717) is 22.5 Å². The number of rotatable bonds is 7. The molecule has 2 aliphatic rings. The second kappa shape index (κ2) is 9.15. The van der Waals surface area contributed by atoms with Crippen LogP contribution in [-0.2, 0) is 14.8 Å². The van der Waals surface area contributed by atoms with Crippen molar-refractivity contribution in [2.24, 2.45) is 17.8 Å². The van der Waals surface area contributed by atoms with Gasteiger partial charge >= 0.3 is 0 Å². The van der Waals surface area contributed by atoms with Crippen LogP contribution in [0.25, 0.3) is 6.08 Å². The van der Waals surface area contributed by atoms with Gasteiger partial charge in [-0.05, 0) is 92.0 Å². The van der Waals surface area contributed by atoms with Gasteiger partial charge in [-0.1, -0.05) is 30.2 Å². The van der Waals surface area contributed by atoms with Gasteiger partial charge in [0.25, 0.3) is 0 Å². The predicted molar refractivity (Wildman–Crippen MR) is 124 cm³/mol. The number of nitrogens with one attached hydrogen (secondary N) is 2. The van der Waals surface area contributed by atoms with Crippen LogP contribution in [0.1, 0.15) is 38.2 Å². The average molecular weight is 459 g/mol. The number of sulfonamides is 1. The fourth-order valence-electron chi connectivity index (χ4n) is 4.95. The summed E-state index contributed by atoms with van der Waals surface area (Å²) in [4.78, 5) is 12.3. The molecule has 2 saturated carbocycles. The molecule has 0 aromatic heterocycles. The molecule has 2 N–H and O–H groups in total. The van der Waals surface area contributed by atoms with Gasteiger partial charge in [-0.15, -0.1) is 0 Å². The minimum absolute atomic E-state index is 0.0716. The Labute approximate surface area is 188 Å². The second-order valence-electron chi connectivity index (χ2n) is 8.65. The number of carbonyl (C=O) groups excluding carboxylic acids is 1. The molecule has 2 aromatic rings. The smallest absolute Gasteiger partial charge is 0.248 e. The molecule has 2 aromatic carbocycles. The fraction of sp³-hybridized carbons (Fsp3) is 0.375. The van der Waals surface area contributed by atoms with Crippen LogP contribution in [0.5, 0.6) is 0 Å². The van der Waals surface area contributed by atoms with Gasteiger partial charge in [0.2, 0.25) is 15.9 Å². The Morgan fingerprint density at radius 3 is 2.39 bits per heavy atom. The third-order valence-electron chi connectivity index (χ3n) is 6.51. The second-order valence-corrected chi connectivity index (χ2v) is 10.8. The number of benzene rings is 2. The lowest BCUT2D eigenvalue weighted by Gasteiger charge is -2.28. The van der Waals surface area contributed by atoms with E-state index >= 15 is 0 Å². The molecule has 2 aliphatic carbocycles. The first-order valence-corrected chi connectivity index (χ1v) is 12.5. The maximum Gasteiger partial charge on any atom is 0.248 e. The molecule has 0 aliphatic heterocycles. The van der Waals surface area contributed by atoms with Crippen molar-refractivity contribution >= 4 is 39.3 Å². The van der Waals surface area contributed by atoms with E-state index in [2.05, 4.69) is 10.0 Å². The molecule has 7 heteroatoms. The number of hydrogen-bond acceptors (Lipinski definition) is 3. The molecule has 0 saturated heterocycles. The van der Waals surface area contributed by atoms with E-state index in [1.165, 1.54) is 37.5 Å². The van der Waals surface area contributed by atoms with Crippen molar-refractivity contribution < 1.29 is 13.2 Å². The van der Waals surface area contributed by atoms with Gasteiger partial charge in [0.15, 0.2) is 0 Å². The molecule has 1 amide bonds. The Morgan fingerprint density at radius 1 is 1.06 bits per heavy atom. The van der Waals surface area contributed by atoms with Gasteiger partial charge in [0, 0.05) is 22.8 Å². The van der Waals surface area contributed by atoms with Crippen LogP contribution in [0, 0.1) is 17.8 Å². The van der Waals surface area contributed by atoms with Gasteiger partial charge in [-0.2, -0.15) is 0 Å². The summed E-state index contributed by atoms with van der Waals surface area (Å²) in [5.74, 6) is 1.56. The monoisotopic (exact) mass is 458 g/mol. The SMILES string of the molecule is C[C@@H](NS(=O)(=O)c1ccc(NC(=O)/C=C/c2ccc(Cl)cc2)cc1)[C@H]1C[C@H]2CC[C@H]1C2. The minimum atomic E-state index is -3.60. The molecular weight excluding hydrogens is 432 g/mol. The first-order valence-electron chi connectivity index (χ1n) is 10.7. The van der Waals surface area contributed by atoms with Crippen molar-refractivity contribution in [1.29, 1.82) is 0 Å². The highest BCUT2D eigenvalue weighted by Gasteiger charge is 2.42. The van der Waals surface area contributed by atoms with Crippen molar-refractivity contribution in [3.63, 3.8) is 0 Å². The van der Waals surface area contributed by atoms with Crippen LogP contribution in [0.4, 0.5) is 5.69 Å². The Balaban J connectivity index is 1.34. The highest BCUT2D eigenvalue weighted by Crippen LogP contribution is 2.49. The number of hydrogen-bond donors (Lipinski definition) is 2. The molecule has 4 rings (SSSR count). The van der Waals surface area contributed by atoms with E-state index in [-0.39, 0.29) is 16.8 Å². The zero-order chi connectivity index (χ0) is 22.0. The van der Waals surface area contributed by atoms with Gasteiger partial charge in [0.1, 0.15) is 0 Å². The third-order valence-corrected chi connectivity index (χ3v) is 8.33. The van der Waals surface area contributed by atoms with Crippen LogP contribution in [0.2, 0.25) is 5.02 Å². The Bertz CT molecular complexity index is 1070. The topological polar surface area (TPSA) is 75.3 Å². The zero-order valence-corrected chi connectivity index (χ0v) is 19.0. The van der Waals surface area contributed by atoms with Gasteiger partial charge in [-0.25, -0.2) is 13.1 Å². The summed E-state index contributed by atoms with van der Waals surface area (Å²) >= 11 is 5.85. The van der Waals surface area contributed by atoms with Crippen molar-refractivity contribution in [3.05, 3.63) is 65.2 Å². The van der Waals surface area contributed by atoms with Crippen LogP contribution < -0.4 is 10.0 Å². The van der Waals surface area contributed by atoms with Crippen LogP contribution in [0.15, 0.2) is 59.5 Å². The molecule has 4 atom stereocenters. The van der Waals surface area contributed by atoms with Crippen LogP contribution in [0.3, 0.4) is 0 Å². The first kappa shape index (κ1) is 22.1. The summed E-state index contributed by atoms with van der Waals surface area (Å²) in [5, 5.41) is 3.37. The zero-order valence-electron chi connectivity index (χ0n) is 17.4. The van der Waals surface area contributed by atoms with Crippen molar-refractivity contribution in [2.75, 3.05) is 5.32 Å². The number of halogens is 1. The van der Waals surface area contributed by atoms with Crippen molar-refractivity contribution in [3.8, 4) is 0 Å². The summed E-state index contributed by atoms with van der Waals surface area (Å²) in [7, 11) is -3.60. The Hall–Kier alpha value is -2.15. The maximum atomic E-state index is 12.8. The molecule has 164 valence electrons. The molecule has 31 heavy (non-hydrogen) atoms. The number of anilines is 1. The molecule has 5 nitrogen and oxygen atoms in total. The van der Waals surface area contributed by atoms with E-state index in [1.54, 1.807) is 30.3 Å². The standard InChI is InChI=1S/C24H27ClN2O3S/c1-16(23-15-18-2-6-19(23)14-18)27-31(29,30)22-11-9-21(10-12-22)26-24(28)13-5-17-3-7-20(25)8-4-17/h3-5,7-13,16,18-19,23,27H,2,6,14-15H2,1H3,(H,26,28)/b13-5+/t16-,18+,19+,23-/m1/s1. The largest absolute Gasteiger partial charge is 0.323 e. The summed E-state index contributed by atoms with van der Waals surface area (Å²) in [5.41, 5.74) is 1.39. The van der Waals surface area contributed by atoms with E-state index < -0.39 is 10.0 Å². The molecule has 2 fully saturated rings. The van der Waals surface area contributed by atoms with Gasteiger partial charge in [-0.3, -0.25) is 4.79 Å². The summed E-state index contributed by atoms with van der Waals surface area (Å²) in [6.45, 7) is 1.98. The van der Waals surface area contributed by atoms with Crippen molar-refractivity contribution in [1.82, 2.24) is 4.72 Å². The fourth-order valence-corrected chi connectivity index (χ4v) is 6.37. The first-order chi connectivity index (χ1) is 14.8. The molecule has 2 bridgehead atoms. The molecule has 0 radical (unpaired) electrons. The normalized spacial score (nSPS) is 23.9. The molecule has 0 heterocycles. The molecule has 0 spiro atoms. The Morgan fingerprint density at radius 2 is 1.77 bits per heavy atom. The van der Waals surface area contributed by atoms with E-state index in [9.17, 15) is 13.2 Å². The van der Waals surface area contributed by atoms with Crippen LogP contribution >= 0.6 is 11.6 Å². The van der Waals surface area contributed by atoms with E-state index in [1.807, 2.05) is 19.1 Å². The molecular formula is C24H27ClN2O3S. The lowest BCUT2D eigenvalue weighted by molar-refractivity contribution is -0.111. The van der Waals surface area contributed by atoms with E-state index in [0.717, 1.165) is 17.9 Å². The lowest BCUT2D eigenvalue weighted by atomic mass is 9.84. The quantitative estimate of drug-likeness (QED) is 0.567. The minimum Gasteiger partial charge on any atom is -0.323 e. The predicted octanol–water partition coefficient (Wildman–Crippen LogP) is 5.09. The summed E-state index contributed by atoms with van der Waals surface area (Å²) in [6, 6.07) is 13.3. The Kier molecular flexibility index (Phi) is 6.51. The van der Waals surface area contributed by atoms with Gasteiger partial charge in [0.05, 0.1) is 4.90 Å². The molecule has 0 unspecified atom stereocenters. The van der Waals surface area contributed by atoms with Crippen molar-refractivity contribution in [2.45, 2.75) is 43.5 Å². The summed E-state index contributed by atoms with van der Waals surface area (Å²) < 4.78 is 28.5. The maximum absolute atomic E-state index is 12.8. The summed E-state index contributed by atoms with van der Waals surface area (Å²) in [6.07, 6.45) is 8.00. The van der Waals surface area contributed by atoms with Gasteiger partial charge < -0.3 is 5.32 Å². The number of amides is 1. The average Bonchev–Trinajstić information content (AvgIpc) is 3.37. The highest BCUT2D eigenvalue weighted by molar-refractivity contribution is 7.89.